The fourth-order valence-electron chi connectivity index (χ4n) is 5.21. The normalized spacial score (nSPS) is 14.6. The van der Waals surface area contributed by atoms with Crippen molar-refractivity contribution in [3.8, 4) is 0 Å². The van der Waals surface area contributed by atoms with Gasteiger partial charge in [-0.15, -0.1) is 0 Å². The number of pyridine rings is 1. The van der Waals surface area contributed by atoms with Crippen LogP contribution < -0.4 is 25.4 Å². The Morgan fingerprint density at radius 2 is 1.67 bits per heavy atom. The van der Waals surface area contributed by atoms with Crippen molar-refractivity contribution in [1.82, 2.24) is 19.3 Å². The molecule has 42 heavy (non-hydrogen) atoms. The largest absolute Gasteiger partial charge is 0.377 e. The molecular formula is C29H32ClN7O4S. The lowest BCUT2D eigenvalue weighted by atomic mass is 10.0. The van der Waals surface area contributed by atoms with E-state index in [-0.39, 0.29) is 22.1 Å². The Labute approximate surface area is 249 Å². The highest BCUT2D eigenvalue weighted by Crippen LogP contribution is 2.29. The van der Waals surface area contributed by atoms with Crippen molar-refractivity contribution in [3.63, 3.8) is 0 Å². The van der Waals surface area contributed by atoms with Gasteiger partial charge in [-0.3, -0.25) is 14.2 Å². The summed E-state index contributed by atoms with van der Waals surface area (Å²) in [6.45, 7) is 6.76. The molecule has 13 heteroatoms. The van der Waals surface area contributed by atoms with Crippen LogP contribution in [0.4, 0.5) is 17.3 Å². The number of aromatic nitrogens is 3. The Morgan fingerprint density at radius 1 is 1.00 bits per heavy atom. The summed E-state index contributed by atoms with van der Waals surface area (Å²) < 4.78 is 26.9. The first-order valence-corrected chi connectivity index (χ1v) is 15.7. The van der Waals surface area contributed by atoms with E-state index in [1.54, 1.807) is 17.7 Å². The number of carbonyl (C=O) groups is 1. The highest BCUT2D eigenvalue weighted by molar-refractivity contribution is 7.89. The maximum atomic E-state index is 13.6. The number of nitrogens with one attached hydrogen (secondary N) is 2. The molecule has 1 fully saturated rings. The molecule has 0 radical (unpaired) electrons. The summed E-state index contributed by atoms with van der Waals surface area (Å²) in [6, 6.07) is 16.6. The molecule has 1 aliphatic rings. The van der Waals surface area contributed by atoms with Gasteiger partial charge >= 0.3 is 0 Å². The van der Waals surface area contributed by atoms with Crippen LogP contribution in [0.1, 0.15) is 34.6 Å². The molecule has 3 heterocycles. The first-order chi connectivity index (χ1) is 19.9. The Kier molecular flexibility index (Phi) is 8.11. The Morgan fingerprint density at radius 3 is 2.33 bits per heavy atom. The van der Waals surface area contributed by atoms with Crippen LogP contribution in [0.3, 0.4) is 0 Å². The first-order valence-electron chi connectivity index (χ1n) is 13.4. The molecule has 2 aromatic heterocycles. The number of hydrogen-bond donors (Lipinski definition) is 2. The van der Waals surface area contributed by atoms with Crippen LogP contribution in [0.15, 0.2) is 59.4 Å². The van der Waals surface area contributed by atoms with Crippen molar-refractivity contribution in [1.29, 1.82) is 0 Å². The van der Waals surface area contributed by atoms with E-state index >= 15 is 0 Å². The fraction of sp³-hybridized carbons (Fsp3) is 0.310. The minimum atomic E-state index is -3.83. The molecule has 2 N–H and O–H groups in total. The van der Waals surface area contributed by atoms with Gasteiger partial charge < -0.3 is 15.1 Å². The number of carbonyl (C=O) groups excluding carboxylic acids is 1. The maximum absolute atomic E-state index is 13.6. The molecule has 11 nitrogen and oxygen atoms in total. The molecule has 1 atom stereocenters. The molecule has 2 aromatic carbocycles. The van der Waals surface area contributed by atoms with Crippen LogP contribution in [0.25, 0.3) is 10.9 Å². The Hall–Kier alpha value is -4.16. The zero-order valence-electron chi connectivity index (χ0n) is 23.8. The van der Waals surface area contributed by atoms with E-state index < -0.39 is 22.0 Å². The fourth-order valence-corrected chi connectivity index (χ4v) is 5.79. The zero-order chi connectivity index (χ0) is 30.2. The number of fused-ring (bicyclic) bond motifs is 1. The monoisotopic (exact) mass is 609 g/mol. The zero-order valence-corrected chi connectivity index (χ0v) is 25.3. The third-order valence-electron chi connectivity index (χ3n) is 7.21. The molecule has 1 aliphatic heterocycles. The van der Waals surface area contributed by atoms with Crippen molar-refractivity contribution in [2.45, 2.75) is 19.9 Å². The first kappa shape index (κ1) is 29.3. The third-order valence-corrected chi connectivity index (χ3v) is 7.97. The van der Waals surface area contributed by atoms with Crippen molar-refractivity contribution in [2.24, 2.45) is 7.05 Å². The van der Waals surface area contributed by atoms with Gasteiger partial charge in [-0.2, -0.15) is 0 Å². The number of amides is 1. The summed E-state index contributed by atoms with van der Waals surface area (Å²) in [6.07, 6.45) is 0.884. The summed E-state index contributed by atoms with van der Waals surface area (Å²) in [5, 5.41) is 3.77. The molecule has 0 aliphatic carbocycles. The summed E-state index contributed by atoms with van der Waals surface area (Å²) in [4.78, 5) is 39.8. The van der Waals surface area contributed by atoms with Crippen LogP contribution in [-0.4, -0.2) is 61.3 Å². The Bertz CT molecular complexity index is 1820. The number of piperazine rings is 1. The van der Waals surface area contributed by atoms with Gasteiger partial charge in [-0.1, -0.05) is 35.9 Å². The number of aryl methyl sites for hydroxylation is 1. The SMILES string of the molecule is Cc1cc([C@@H](C)Nc2ccc(Cl)nc2C(=O)NS(C)(=O)=O)c2nc(N3CCN(c4ccccc4)CC3)n(C)c(=O)c2c1. The molecule has 220 valence electrons. The molecule has 1 saturated heterocycles. The van der Waals surface area contributed by atoms with E-state index in [4.69, 9.17) is 16.6 Å². The van der Waals surface area contributed by atoms with Gasteiger partial charge in [0, 0.05) is 44.5 Å². The molecule has 5 rings (SSSR count). The molecule has 4 aromatic rings. The topological polar surface area (TPSA) is 130 Å². The number of rotatable bonds is 7. The van der Waals surface area contributed by atoms with E-state index in [0.29, 0.717) is 29.9 Å². The smallest absolute Gasteiger partial charge is 0.285 e. The van der Waals surface area contributed by atoms with Crippen molar-refractivity contribution < 1.29 is 13.2 Å². The highest BCUT2D eigenvalue weighted by atomic mass is 35.5. The second kappa shape index (κ2) is 11.6. The van der Waals surface area contributed by atoms with Gasteiger partial charge in [0.1, 0.15) is 5.15 Å². The molecule has 0 bridgehead atoms. The van der Waals surface area contributed by atoms with Gasteiger partial charge in [0.15, 0.2) is 5.69 Å². The molecule has 0 unspecified atom stereocenters. The number of hydrogen-bond acceptors (Lipinski definition) is 9. The number of anilines is 3. The number of para-hydroxylation sites is 1. The van der Waals surface area contributed by atoms with Crippen LogP contribution >= 0.6 is 11.6 Å². The van der Waals surface area contributed by atoms with Crippen molar-refractivity contribution in [3.05, 3.63) is 86.9 Å². The quantitative estimate of drug-likeness (QED) is 0.303. The average Bonchev–Trinajstić information content (AvgIpc) is 2.95. The summed E-state index contributed by atoms with van der Waals surface area (Å²) in [7, 11) is -2.09. The lowest BCUT2D eigenvalue weighted by molar-refractivity contribution is 0.0977. The number of nitrogens with zero attached hydrogens (tertiary/aromatic N) is 5. The average molecular weight is 610 g/mol. The number of benzene rings is 2. The predicted octanol–water partition coefficient (Wildman–Crippen LogP) is 3.48. The van der Waals surface area contributed by atoms with E-state index in [1.807, 2.05) is 48.9 Å². The maximum Gasteiger partial charge on any atom is 0.285 e. The van der Waals surface area contributed by atoms with Crippen LogP contribution in [-0.2, 0) is 17.1 Å². The van der Waals surface area contributed by atoms with E-state index in [9.17, 15) is 18.0 Å². The number of halogens is 1. The lowest BCUT2D eigenvalue weighted by Gasteiger charge is -2.37. The molecular weight excluding hydrogens is 578 g/mol. The summed E-state index contributed by atoms with van der Waals surface area (Å²) in [5.74, 6) is -0.327. The second-order valence-electron chi connectivity index (χ2n) is 10.4. The van der Waals surface area contributed by atoms with E-state index in [1.165, 1.54) is 6.07 Å². The Balaban J connectivity index is 1.49. The standard InChI is InChI=1S/C29H32ClN7O4S/c1-18-16-21(19(2)31-23-10-11-24(30)32-26(23)27(38)34-42(4,40)41)25-22(17-18)28(39)35(3)29(33-25)37-14-12-36(13-15-37)20-8-6-5-7-9-20/h5-11,16-17,19,31H,12-15H2,1-4H3,(H,34,38)/t19-/m1/s1. The minimum Gasteiger partial charge on any atom is -0.377 e. The highest BCUT2D eigenvalue weighted by Gasteiger charge is 2.24. The lowest BCUT2D eigenvalue weighted by Crippen LogP contribution is -2.48. The summed E-state index contributed by atoms with van der Waals surface area (Å²) >= 11 is 6.03. The predicted molar refractivity (Wildman–Crippen MR) is 166 cm³/mol. The minimum absolute atomic E-state index is 0.0371. The van der Waals surface area contributed by atoms with Gasteiger partial charge in [-0.05, 0) is 49.7 Å². The van der Waals surface area contributed by atoms with Gasteiger partial charge in [-0.25, -0.2) is 23.1 Å². The molecule has 0 saturated carbocycles. The van der Waals surface area contributed by atoms with E-state index in [0.717, 1.165) is 36.2 Å². The van der Waals surface area contributed by atoms with Crippen LogP contribution in [0, 0.1) is 6.92 Å². The third kappa shape index (κ3) is 6.19. The summed E-state index contributed by atoms with van der Waals surface area (Å²) in [5.41, 5.74) is 3.29. The molecule has 0 spiro atoms. The van der Waals surface area contributed by atoms with Crippen molar-refractivity contribution in [2.75, 3.05) is 47.6 Å². The molecule has 1 amide bonds. The van der Waals surface area contributed by atoms with E-state index in [2.05, 4.69) is 32.2 Å². The van der Waals surface area contributed by atoms with Gasteiger partial charge in [0.2, 0.25) is 16.0 Å². The van der Waals surface area contributed by atoms with Gasteiger partial charge in [0.25, 0.3) is 11.5 Å². The second-order valence-corrected chi connectivity index (χ2v) is 12.6. The van der Waals surface area contributed by atoms with Crippen LogP contribution in [0.5, 0.6) is 0 Å². The van der Waals surface area contributed by atoms with Gasteiger partial charge in [0.05, 0.1) is 28.9 Å². The van der Waals surface area contributed by atoms with Crippen LogP contribution in [0.2, 0.25) is 5.15 Å². The van der Waals surface area contributed by atoms with Crippen molar-refractivity contribution >= 4 is 55.8 Å². The number of sulfonamides is 1.